The number of hydrogen-bond donors (Lipinski definition) is 0. The van der Waals surface area contributed by atoms with Crippen LogP contribution in [-0.4, -0.2) is 41.2 Å². The van der Waals surface area contributed by atoms with Crippen LogP contribution < -0.4 is 0 Å². The highest BCUT2D eigenvalue weighted by molar-refractivity contribution is 6.60. The summed E-state index contributed by atoms with van der Waals surface area (Å²) in [7, 11) is -2.58. The Morgan fingerprint density at radius 3 is 1.53 bits per heavy atom. The molecule has 0 N–H and O–H groups in total. The summed E-state index contributed by atoms with van der Waals surface area (Å²) >= 11 is 0. The lowest BCUT2D eigenvalue weighted by molar-refractivity contribution is -0.139. The van der Waals surface area contributed by atoms with Crippen molar-refractivity contribution in [3.63, 3.8) is 0 Å². The third kappa shape index (κ3) is 16.1. The average molecular weight is 445 g/mol. The third-order valence-electron chi connectivity index (χ3n) is 4.92. The Balaban J connectivity index is 4.28. The topological polar surface area (TPSA) is 54.0 Å². The molecule has 0 saturated carbocycles. The summed E-state index contributed by atoms with van der Waals surface area (Å²) in [6.07, 6.45) is 13.1. The molecule has 0 aliphatic heterocycles. The van der Waals surface area contributed by atoms with E-state index in [4.69, 9.17) is 18.0 Å². The maximum atomic E-state index is 11.3. The second-order valence-electron chi connectivity index (χ2n) is 8.08. The van der Waals surface area contributed by atoms with Gasteiger partial charge in [-0.1, -0.05) is 72.3 Å². The summed E-state index contributed by atoms with van der Waals surface area (Å²) in [6.45, 7) is 14.5. The van der Waals surface area contributed by atoms with Gasteiger partial charge >= 0.3 is 14.8 Å². The van der Waals surface area contributed by atoms with E-state index in [1.807, 2.05) is 0 Å². The summed E-state index contributed by atoms with van der Waals surface area (Å²) in [6, 6.07) is 0.917. The number of rotatable bonds is 22. The molecule has 0 aromatic carbocycles. The number of unbranched alkanes of at least 4 members (excludes halogenated alkanes) is 8. The van der Waals surface area contributed by atoms with E-state index in [1.54, 1.807) is 6.92 Å². The van der Waals surface area contributed by atoms with Gasteiger partial charge in [0.25, 0.3) is 0 Å². The van der Waals surface area contributed by atoms with E-state index in [2.05, 4.69) is 27.4 Å². The number of ether oxygens (including phenoxy) is 1. The van der Waals surface area contributed by atoms with Crippen LogP contribution in [0.1, 0.15) is 105 Å². The second kappa shape index (κ2) is 20.2. The van der Waals surface area contributed by atoms with Crippen LogP contribution in [0.4, 0.5) is 0 Å². The highest BCUT2D eigenvalue weighted by Gasteiger charge is 2.40. The second-order valence-corrected chi connectivity index (χ2v) is 10.8. The fourth-order valence-electron chi connectivity index (χ4n) is 2.90. The molecule has 30 heavy (non-hydrogen) atoms. The molecule has 0 spiro atoms. The predicted molar refractivity (Wildman–Crippen MR) is 127 cm³/mol. The van der Waals surface area contributed by atoms with Gasteiger partial charge in [0.2, 0.25) is 0 Å². The molecule has 0 heterocycles. The van der Waals surface area contributed by atoms with Gasteiger partial charge in [0.15, 0.2) is 0 Å². The van der Waals surface area contributed by atoms with Crippen molar-refractivity contribution in [3.8, 4) is 0 Å². The van der Waals surface area contributed by atoms with Crippen molar-refractivity contribution in [1.29, 1.82) is 0 Å². The zero-order chi connectivity index (χ0) is 22.5. The predicted octanol–water partition coefficient (Wildman–Crippen LogP) is 6.84. The molecule has 0 rings (SSSR count). The van der Waals surface area contributed by atoms with Gasteiger partial charge in [0.1, 0.15) is 0 Å². The van der Waals surface area contributed by atoms with E-state index in [0.29, 0.717) is 12.2 Å². The minimum atomic E-state index is -2.58. The van der Waals surface area contributed by atoms with Crippen LogP contribution in [0.5, 0.6) is 0 Å². The van der Waals surface area contributed by atoms with E-state index in [-0.39, 0.29) is 5.97 Å². The van der Waals surface area contributed by atoms with Gasteiger partial charge in [0.05, 0.1) is 6.61 Å². The molecule has 0 aliphatic rings. The summed E-state index contributed by atoms with van der Waals surface area (Å²) in [5, 5.41) is 0. The quantitative estimate of drug-likeness (QED) is 0.0792. The van der Waals surface area contributed by atoms with Crippen molar-refractivity contribution in [2.45, 2.75) is 111 Å². The summed E-state index contributed by atoms with van der Waals surface area (Å²) in [5.41, 5.74) is 0.464. The van der Waals surface area contributed by atoms with Crippen LogP contribution in [0.15, 0.2) is 12.2 Å². The fourth-order valence-corrected chi connectivity index (χ4v) is 5.63. The van der Waals surface area contributed by atoms with Crippen LogP contribution >= 0.6 is 0 Å². The molecule has 0 bridgehead atoms. The van der Waals surface area contributed by atoms with Gasteiger partial charge < -0.3 is 18.0 Å². The van der Waals surface area contributed by atoms with Gasteiger partial charge in [-0.15, -0.1) is 0 Å². The molecule has 0 atom stereocenters. The minimum absolute atomic E-state index is 0.287. The van der Waals surface area contributed by atoms with Crippen LogP contribution in [0.25, 0.3) is 0 Å². The Bertz CT molecular complexity index is 401. The van der Waals surface area contributed by atoms with Crippen molar-refractivity contribution in [1.82, 2.24) is 0 Å². The van der Waals surface area contributed by atoms with Crippen molar-refractivity contribution in [2.75, 3.05) is 26.4 Å². The monoisotopic (exact) mass is 444 g/mol. The lowest BCUT2D eigenvalue weighted by atomic mass is 10.1. The summed E-state index contributed by atoms with van der Waals surface area (Å²) in [4.78, 5) is 11.3. The minimum Gasteiger partial charge on any atom is -0.462 e. The molecule has 6 heteroatoms. The molecule has 178 valence electrons. The Morgan fingerprint density at radius 1 is 0.667 bits per heavy atom. The Morgan fingerprint density at radius 2 is 1.10 bits per heavy atom. The van der Waals surface area contributed by atoms with E-state index < -0.39 is 8.80 Å². The summed E-state index contributed by atoms with van der Waals surface area (Å²) < 4.78 is 24.0. The SMILES string of the molecule is C=C(C)C(=O)OCCCCCCCC[Si](OCCCC)(OCCCC)OCCCC. The van der Waals surface area contributed by atoms with Crippen LogP contribution in [0.2, 0.25) is 6.04 Å². The largest absolute Gasteiger partial charge is 0.500 e. The molecule has 0 unspecified atom stereocenters. The molecular formula is C24H48O5Si. The third-order valence-corrected chi connectivity index (χ3v) is 7.82. The Labute approximate surface area is 187 Å². The maximum absolute atomic E-state index is 11.3. The van der Waals surface area contributed by atoms with Gasteiger partial charge in [0, 0.05) is 31.4 Å². The van der Waals surface area contributed by atoms with E-state index >= 15 is 0 Å². The Hall–Kier alpha value is -0.693. The lowest BCUT2D eigenvalue weighted by Crippen LogP contribution is -2.46. The van der Waals surface area contributed by atoms with Gasteiger partial charge in [-0.05, 0) is 39.0 Å². The molecule has 0 radical (unpaired) electrons. The first-order valence-corrected chi connectivity index (χ1v) is 14.2. The van der Waals surface area contributed by atoms with E-state index in [1.165, 1.54) is 6.42 Å². The molecule has 0 amide bonds. The van der Waals surface area contributed by atoms with Crippen LogP contribution in [0, 0.1) is 0 Å². The Kier molecular flexibility index (Phi) is 19.8. The number of esters is 1. The summed E-state index contributed by atoms with van der Waals surface area (Å²) in [5.74, 6) is -0.287. The first kappa shape index (κ1) is 29.3. The lowest BCUT2D eigenvalue weighted by Gasteiger charge is -2.30. The molecule has 0 fully saturated rings. The van der Waals surface area contributed by atoms with Crippen LogP contribution in [0.3, 0.4) is 0 Å². The molecule has 0 aliphatic carbocycles. The van der Waals surface area contributed by atoms with Crippen molar-refractivity contribution in [2.24, 2.45) is 0 Å². The van der Waals surface area contributed by atoms with E-state index in [9.17, 15) is 4.79 Å². The van der Waals surface area contributed by atoms with Gasteiger partial charge in [-0.3, -0.25) is 0 Å². The molecule has 0 saturated heterocycles. The smallest absolute Gasteiger partial charge is 0.462 e. The van der Waals surface area contributed by atoms with Crippen molar-refractivity contribution in [3.05, 3.63) is 12.2 Å². The molecule has 5 nitrogen and oxygen atoms in total. The molecule has 0 aromatic heterocycles. The zero-order valence-corrected chi connectivity index (χ0v) is 21.3. The number of carbonyl (C=O) groups is 1. The molecule has 0 aromatic rings. The van der Waals surface area contributed by atoms with Gasteiger partial charge in [-0.25, -0.2) is 4.79 Å². The van der Waals surface area contributed by atoms with Crippen molar-refractivity contribution < 1.29 is 22.8 Å². The van der Waals surface area contributed by atoms with E-state index in [0.717, 1.165) is 96.5 Å². The average Bonchev–Trinajstić information content (AvgIpc) is 2.72. The first-order valence-electron chi connectivity index (χ1n) is 12.3. The number of carbonyl (C=O) groups excluding carboxylic acids is 1. The normalized spacial score (nSPS) is 11.6. The highest BCUT2D eigenvalue weighted by atomic mass is 28.4. The standard InChI is InChI=1S/C24H48O5Si/c1-6-9-19-27-30(28-20-10-7-2,29-21-11-8-3)22-17-15-13-12-14-16-18-26-24(25)23(4)5/h4,6-22H2,1-3,5H3. The first-order chi connectivity index (χ1) is 14.5. The van der Waals surface area contributed by atoms with Crippen molar-refractivity contribution >= 4 is 14.8 Å². The molecular weight excluding hydrogens is 396 g/mol. The number of hydrogen-bond acceptors (Lipinski definition) is 5. The fraction of sp³-hybridized carbons (Fsp3) is 0.875. The zero-order valence-electron chi connectivity index (χ0n) is 20.3. The maximum Gasteiger partial charge on any atom is 0.500 e. The highest BCUT2D eigenvalue weighted by Crippen LogP contribution is 2.22. The van der Waals surface area contributed by atoms with Gasteiger partial charge in [-0.2, -0.15) is 0 Å². The van der Waals surface area contributed by atoms with Crippen LogP contribution in [-0.2, 0) is 22.8 Å².